The lowest BCUT2D eigenvalue weighted by Gasteiger charge is -2.33. The number of halogens is 1. The zero-order chi connectivity index (χ0) is 13.0. The first-order valence-corrected chi connectivity index (χ1v) is 7.17. The van der Waals surface area contributed by atoms with E-state index in [2.05, 4.69) is 40.3 Å². The van der Waals surface area contributed by atoms with Crippen LogP contribution in [0.25, 0.3) is 0 Å². The Hall–Kier alpha value is -0.420. The van der Waals surface area contributed by atoms with Gasteiger partial charge in [-0.05, 0) is 24.6 Å². The maximum Gasteiger partial charge on any atom is 0.0815 e. The second-order valence-corrected chi connectivity index (χ2v) is 5.91. The molecule has 0 aromatic heterocycles. The number of hydrogen-bond donors (Lipinski definition) is 2. The Morgan fingerprint density at radius 2 is 2.17 bits per heavy atom. The molecule has 2 rings (SSSR count). The predicted molar refractivity (Wildman–Crippen MR) is 75.6 cm³/mol. The van der Waals surface area contributed by atoms with Crippen molar-refractivity contribution in [1.82, 2.24) is 5.32 Å². The third-order valence-electron chi connectivity index (χ3n) is 3.51. The van der Waals surface area contributed by atoms with Crippen LogP contribution in [0.1, 0.15) is 31.4 Å². The van der Waals surface area contributed by atoms with Crippen molar-refractivity contribution >= 4 is 15.9 Å². The number of ether oxygens (including phenoxy) is 1. The molecule has 1 saturated heterocycles. The molecule has 0 radical (unpaired) electrons. The van der Waals surface area contributed by atoms with E-state index >= 15 is 0 Å². The summed E-state index contributed by atoms with van der Waals surface area (Å²) in [6.45, 7) is 4.04. The van der Waals surface area contributed by atoms with Crippen molar-refractivity contribution in [2.45, 2.75) is 31.4 Å². The first-order valence-electron chi connectivity index (χ1n) is 6.38. The summed E-state index contributed by atoms with van der Waals surface area (Å²) < 4.78 is 6.36. The van der Waals surface area contributed by atoms with Crippen LogP contribution in [0.15, 0.2) is 28.7 Å². The summed E-state index contributed by atoms with van der Waals surface area (Å²) in [7, 11) is 0. The Labute approximate surface area is 117 Å². The van der Waals surface area contributed by atoms with Gasteiger partial charge < -0.3 is 15.2 Å². The molecule has 0 aliphatic carbocycles. The fraction of sp³-hybridized carbons (Fsp3) is 0.571. The van der Waals surface area contributed by atoms with Crippen molar-refractivity contribution in [3.05, 3.63) is 34.3 Å². The van der Waals surface area contributed by atoms with Crippen LogP contribution >= 0.6 is 15.9 Å². The quantitative estimate of drug-likeness (QED) is 0.898. The van der Waals surface area contributed by atoms with Gasteiger partial charge in [0.1, 0.15) is 0 Å². The average Bonchev–Trinajstić information content (AvgIpc) is 2.37. The van der Waals surface area contributed by atoms with Crippen LogP contribution in [-0.2, 0) is 4.74 Å². The zero-order valence-corrected chi connectivity index (χ0v) is 12.2. The van der Waals surface area contributed by atoms with Gasteiger partial charge in [-0.15, -0.1) is 0 Å². The van der Waals surface area contributed by atoms with Gasteiger partial charge in [0, 0.05) is 43.1 Å². The molecule has 1 fully saturated rings. The fourth-order valence-electron chi connectivity index (χ4n) is 2.16. The molecule has 1 aliphatic rings. The van der Waals surface area contributed by atoms with Crippen LogP contribution < -0.4 is 5.32 Å². The lowest BCUT2D eigenvalue weighted by Crippen LogP contribution is -2.45. The van der Waals surface area contributed by atoms with Crippen LogP contribution in [0.5, 0.6) is 0 Å². The molecule has 18 heavy (non-hydrogen) atoms. The standard InChI is InChI=1S/C14H20BrNO2/c1-11(12-3-2-4-13(15)9-12)16-10-14(17)5-7-18-8-6-14/h2-4,9,11,16-17H,5-8,10H2,1H3. The molecule has 3 nitrogen and oxygen atoms in total. The molecule has 0 saturated carbocycles. The van der Waals surface area contributed by atoms with E-state index < -0.39 is 5.60 Å². The summed E-state index contributed by atoms with van der Waals surface area (Å²) in [5.41, 5.74) is 0.610. The highest BCUT2D eigenvalue weighted by Crippen LogP contribution is 2.22. The molecule has 100 valence electrons. The maximum atomic E-state index is 10.4. The molecule has 0 bridgehead atoms. The molecule has 2 N–H and O–H groups in total. The lowest BCUT2D eigenvalue weighted by atomic mass is 9.94. The minimum Gasteiger partial charge on any atom is -0.388 e. The van der Waals surface area contributed by atoms with Gasteiger partial charge in [0.25, 0.3) is 0 Å². The Morgan fingerprint density at radius 3 is 2.83 bits per heavy atom. The van der Waals surface area contributed by atoms with Gasteiger partial charge in [-0.25, -0.2) is 0 Å². The molecule has 1 aromatic carbocycles. The minimum atomic E-state index is -0.613. The summed E-state index contributed by atoms with van der Waals surface area (Å²) in [5.74, 6) is 0. The number of nitrogens with one attached hydrogen (secondary N) is 1. The van der Waals surface area contributed by atoms with Crippen LogP contribution in [0.3, 0.4) is 0 Å². The largest absolute Gasteiger partial charge is 0.388 e. The Balaban J connectivity index is 1.89. The van der Waals surface area contributed by atoms with Crippen molar-refractivity contribution in [2.75, 3.05) is 19.8 Å². The van der Waals surface area contributed by atoms with Gasteiger partial charge in [-0.2, -0.15) is 0 Å². The number of hydrogen-bond acceptors (Lipinski definition) is 3. The summed E-state index contributed by atoms with van der Waals surface area (Å²) in [6, 6.07) is 8.47. The molecule has 1 unspecified atom stereocenters. The predicted octanol–water partition coefficient (Wildman–Crippen LogP) is 2.64. The monoisotopic (exact) mass is 313 g/mol. The summed E-state index contributed by atoms with van der Waals surface area (Å²) in [6.07, 6.45) is 1.43. The minimum absolute atomic E-state index is 0.231. The SMILES string of the molecule is CC(NCC1(O)CCOCC1)c1cccc(Br)c1. The normalized spacial score (nSPS) is 20.6. The second kappa shape index (κ2) is 6.15. The number of rotatable bonds is 4. The molecular formula is C14H20BrNO2. The van der Waals surface area contributed by atoms with Gasteiger partial charge in [0.2, 0.25) is 0 Å². The highest BCUT2D eigenvalue weighted by atomic mass is 79.9. The molecule has 1 atom stereocenters. The second-order valence-electron chi connectivity index (χ2n) is 4.99. The Bertz CT molecular complexity index is 391. The summed E-state index contributed by atoms with van der Waals surface area (Å²) >= 11 is 3.48. The molecule has 4 heteroatoms. The maximum absolute atomic E-state index is 10.4. The number of benzene rings is 1. The number of aliphatic hydroxyl groups is 1. The third kappa shape index (κ3) is 3.79. The summed E-state index contributed by atoms with van der Waals surface area (Å²) in [5, 5.41) is 13.8. The highest BCUT2D eigenvalue weighted by Gasteiger charge is 2.29. The van der Waals surface area contributed by atoms with Gasteiger partial charge in [-0.3, -0.25) is 0 Å². The van der Waals surface area contributed by atoms with Crippen LogP contribution in [0.2, 0.25) is 0 Å². The van der Waals surface area contributed by atoms with Crippen molar-refractivity contribution in [2.24, 2.45) is 0 Å². The first-order chi connectivity index (χ1) is 8.59. The van der Waals surface area contributed by atoms with Crippen molar-refractivity contribution in [1.29, 1.82) is 0 Å². The van der Waals surface area contributed by atoms with E-state index in [1.165, 1.54) is 5.56 Å². The molecule has 1 heterocycles. The molecule has 1 aliphatic heterocycles. The van der Waals surface area contributed by atoms with Gasteiger partial charge in [-0.1, -0.05) is 28.1 Å². The van der Waals surface area contributed by atoms with Crippen molar-refractivity contribution < 1.29 is 9.84 Å². The highest BCUT2D eigenvalue weighted by molar-refractivity contribution is 9.10. The van der Waals surface area contributed by atoms with E-state index in [4.69, 9.17) is 4.74 Å². The molecule has 0 spiro atoms. The van der Waals surface area contributed by atoms with E-state index in [9.17, 15) is 5.11 Å². The smallest absolute Gasteiger partial charge is 0.0815 e. The zero-order valence-electron chi connectivity index (χ0n) is 10.7. The third-order valence-corrected chi connectivity index (χ3v) is 4.00. The lowest BCUT2D eigenvalue weighted by molar-refractivity contribution is -0.0626. The fourth-order valence-corrected chi connectivity index (χ4v) is 2.58. The van der Waals surface area contributed by atoms with Gasteiger partial charge in [0.15, 0.2) is 0 Å². The van der Waals surface area contributed by atoms with Crippen LogP contribution in [-0.4, -0.2) is 30.5 Å². The van der Waals surface area contributed by atoms with Gasteiger partial charge in [0.05, 0.1) is 5.60 Å². The van der Waals surface area contributed by atoms with Crippen LogP contribution in [0, 0.1) is 0 Å². The van der Waals surface area contributed by atoms with E-state index in [0.717, 1.165) is 4.47 Å². The van der Waals surface area contributed by atoms with Crippen LogP contribution in [0.4, 0.5) is 0 Å². The molecule has 1 aromatic rings. The van der Waals surface area contributed by atoms with E-state index in [-0.39, 0.29) is 6.04 Å². The van der Waals surface area contributed by atoms with Crippen molar-refractivity contribution in [3.8, 4) is 0 Å². The molecular weight excluding hydrogens is 294 g/mol. The van der Waals surface area contributed by atoms with Gasteiger partial charge >= 0.3 is 0 Å². The Kier molecular flexibility index (Phi) is 4.78. The summed E-state index contributed by atoms with van der Waals surface area (Å²) in [4.78, 5) is 0. The van der Waals surface area contributed by atoms with Crippen molar-refractivity contribution in [3.63, 3.8) is 0 Å². The van der Waals surface area contributed by atoms with E-state index in [0.29, 0.717) is 32.6 Å². The van der Waals surface area contributed by atoms with E-state index in [1.807, 2.05) is 12.1 Å². The average molecular weight is 314 g/mol. The Morgan fingerprint density at radius 1 is 1.44 bits per heavy atom. The topological polar surface area (TPSA) is 41.5 Å². The molecule has 0 amide bonds. The van der Waals surface area contributed by atoms with E-state index in [1.54, 1.807) is 0 Å². The first kappa shape index (κ1) is 14.0.